The first-order valence-electron chi connectivity index (χ1n) is 8.66. The summed E-state index contributed by atoms with van der Waals surface area (Å²) in [5, 5.41) is 11.2. The number of sulfonamides is 1. The molecule has 10 heteroatoms. The lowest BCUT2D eigenvalue weighted by molar-refractivity contribution is -0.390. The average molecular weight is 414 g/mol. The second-order valence-electron chi connectivity index (χ2n) is 5.97. The van der Waals surface area contributed by atoms with Gasteiger partial charge in [-0.25, -0.2) is 13.4 Å². The quantitative estimate of drug-likeness (QED) is 0.427. The van der Waals surface area contributed by atoms with Gasteiger partial charge >= 0.3 is 5.82 Å². The van der Waals surface area contributed by atoms with E-state index in [1.165, 1.54) is 22.5 Å². The van der Waals surface area contributed by atoms with Crippen molar-refractivity contribution in [3.8, 4) is 11.6 Å². The van der Waals surface area contributed by atoms with Crippen LogP contribution in [-0.2, 0) is 10.0 Å². The van der Waals surface area contributed by atoms with Crippen molar-refractivity contribution in [2.24, 2.45) is 0 Å². The Morgan fingerprint density at radius 2 is 1.83 bits per heavy atom. The van der Waals surface area contributed by atoms with E-state index in [-0.39, 0.29) is 23.1 Å². The molecule has 0 aliphatic rings. The van der Waals surface area contributed by atoms with Crippen LogP contribution in [0.1, 0.15) is 12.6 Å². The third-order valence-electron chi connectivity index (χ3n) is 3.99. The lowest BCUT2D eigenvalue weighted by Gasteiger charge is -2.22. The minimum absolute atomic E-state index is 0.0143. The smallest absolute Gasteiger partial charge is 0.407 e. The topological polar surface area (TPSA) is 116 Å². The van der Waals surface area contributed by atoms with Crippen LogP contribution in [0, 0.1) is 17.0 Å². The number of anilines is 1. The predicted octanol–water partition coefficient (Wildman–Crippen LogP) is 3.70. The van der Waals surface area contributed by atoms with Crippen LogP contribution < -0.4 is 9.04 Å². The monoisotopic (exact) mass is 414 g/mol. The number of pyridine rings is 2. The van der Waals surface area contributed by atoms with E-state index in [9.17, 15) is 18.5 Å². The van der Waals surface area contributed by atoms with Crippen molar-refractivity contribution in [2.45, 2.75) is 18.7 Å². The van der Waals surface area contributed by atoms with Gasteiger partial charge in [-0.1, -0.05) is 18.2 Å². The van der Waals surface area contributed by atoms with Gasteiger partial charge in [0, 0.05) is 19.5 Å². The number of hydrogen-bond acceptors (Lipinski definition) is 7. The molecule has 0 unspecified atom stereocenters. The summed E-state index contributed by atoms with van der Waals surface area (Å²) < 4.78 is 32.6. The molecule has 3 rings (SSSR count). The first-order chi connectivity index (χ1) is 13.8. The van der Waals surface area contributed by atoms with Crippen LogP contribution >= 0.6 is 0 Å². The fraction of sp³-hybridized carbons (Fsp3) is 0.158. The number of para-hydroxylation sites is 1. The lowest BCUT2D eigenvalue weighted by atomic mass is 10.3. The SMILES string of the molecule is CCN(c1ccccc1)S(=O)(=O)c1ccc(Oc2ccc(C)nc2[N+](=O)[O-])nc1. The van der Waals surface area contributed by atoms with E-state index < -0.39 is 20.8 Å². The summed E-state index contributed by atoms with van der Waals surface area (Å²) in [5.41, 5.74) is 1.01. The van der Waals surface area contributed by atoms with Gasteiger partial charge in [-0.2, -0.15) is 0 Å². The molecule has 3 aromatic rings. The van der Waals surface area contributed by atoms with Crippen molar-refractivity contribution in [1.82, 2.24) is 9.97 Å². The van der Waals surface area contributed by atoms with Gasteiger partial charge in [0.2, 0.25) is 11.6 Å². The highest BCUT2D eigenvalue weighted by molar-refractivity contribution is 7.92. The molecular formula is C19H18N4O5S. The van der Waals surface area contributed by atoms with Crippen molar-refractivity contribution in [3.63, 3.8) is 0 Å². The summed E-state index contributed by atoms with van der Waals surface area (Å²) in [6.45, 7) is 3.60. The molecule has 1 aromatic carbocycles. The molecule has 150 valence electrons. The largest absolute Gasteiger partial charge is 0.430 e. The first kappa shape index (κ1) is 20.2. The molecule has 0 bridgehead atoms. The second-order valence-corrected chi connectivity index (χ2v) is 7.83. The van der Waals surface area contributed by atoms with Crippen LogP contribution in [-0.4, -0.2) is 29.9 Å². The van der Waals surface area contributed by atoms with Gasteiger partial charge in [-0.05, 0) is 47.2 Å². The number of nitrogens with zero attached hydrogens (tertiary/aromatic N) is 4. The molecule has 0 atom stereocenters. The minimum atomic E-state index is -3.83. The summed E-state index contributed by atoms with van der Waals surface area (Å²) in [6.07, 6.45) is 1.16. The average Bonchev–Trinajstić information content (AvgIpc) is 2.71. The Labute approximate surface area is 167 Å². The maximum atomic E-state index is 13.0. The molecule has 0 saturated heterocycles. The van der Waals surface area contributed by atoms with Gasteiger partial charge in [0.1, 0.15) is 10.6 Å². The van der Waals surface area contributed by atoms with Gasteiger partial charge < -0.3 is 14.9 Å². The number of aryl methyl sites for hydroxylation is 1. The molecule has 2 heterocycles. The van der Waals surface area contributed by atoms with Crippen molar-refractivity contribution in [1.29, 1.82) is 0 Å². The molecule has 0 fully saturated rings. The third kappa shape index (κ3) is 4.32. The van der Waals surface area contributed by atoms with Crippen LogP contribution in [0.4, 0.5) is 11.5 Å². The summed E-state index contributed by atoms with van der Waals surface area (Å²) in [7, 11) is -3.83. The summed E-state index contributed by atoms with van der Waals surface area (Å²) >= 11 is 0. The molecule has 0 amide bonds. The number of aromatic nitrogens is 2. The van der Waals surface area contributed by atoms with E-state index in [1.807, 2.05) is 0 Å². The summed E-state index contributed by atoms with van der Waals surface area (Å²) in [6, 6.07) is 14.4. The van der Waals surface area contributed by atoms with Crippen molar-refractivity contribution < 1.29 is 18.1 Å². The van der Waals surface area contributed by atoms with Crippen LogP contribution in [0.2, 0.25) is 0 Å². The molecule has 29 heavy (non-hydrogen) atoms. The minimum Gasteiger partial charge on any atom is -0.430 e. The molecule has 9 nitrogen and oxygen atoms in total. The molecule has 0 spiro atoms. The van der Waals surface area contributed by atoms with Crippen molar-refractivity contribution >= 4 is 21.5 Å². The van der Waals surface area contributed by atoms with Crippen molar-refractivity contribution in [3.05, 3.63) is 76.6 Å². The Morgan fingerprint density at radius 3 is 2.41 bits per heavy atom. The molecule has 0 N–H and O–H groups in total. The number of ether oxygens (including phenoxy) is 1. The summed E-state index contributed by atoms with van der Waals surface area (Å²) in [5.74, 6) is -0.506. The predicted molar refractivity (Wildman–Crippen MR) is 107 cm³/mol. The van der Waals surface area contributed by atoms with Crippen LogP contribution in [0.25, 0.3) is 0 Å². The Bertz CT molecular complexity index is 1120. The highest BCUT2D eigenvalue weighted by Gasteiger charge is 2.24. The fourth-order valence-corrected chi connectivity index (χ4v) is 4.07. The second kappa shape index (κ2) is 8.23. The van der Waals surface area contributed by atoms with E-state index in [1.54, 1.807) is 50.2 Å². The Kier molecular flexibility index (Phi) is 5.74. The van der Waals surface area contributed by atoms with Crippen LogP contribution in [0.15, 0.2) is 65.7 Å². The normalized spacial score (nSPS) is 11.1. The van der Waals surface area contributed by atoms with Gasteiger partial charge in [-0.3, -0.25) is 4.31 Å². The Hall–Kier alpha value is -3.53. The fourth-order valence-electron chi connectivity index (χ4n) is 2.65. The molecule has 2 aromatic heterocycles. The molecular weight excluding hydrogens is 396 g/mol. The molecule has 0 saturated carbocycles. The molecule has 0 aliphatic heterocycles. The van der Waals surface area contributed by atoms with E-state index in [0.717, 1.165) is 6.20 Å². The number of nitro groups is 1. The van der Waals surface area contributed by atoms with Crippen LogP contribution in [0.5, 0.6) is 11.6 Å². The van der Waals surface area contributed by atoms with Gasteiger partial charge in [0.25, 0.3) is 10.0 Å². The highest BCUT2D eigenvalue weighted by Crippen LogP contribution is 2.30. The van der Waals surface area contributed by atoms with E-state index >= 15 is 0 Å². The lowest BCUT2D eigenvalue weighted by Crippen LogP contribution is -2.30. The zero-order valence-corrected chi connectivity index (χ0v) is 16.5. The molecule has 0 aliphatic carbocycles. The first-order valence-corrected chi connectivity index (χ1v) is 10.1. The Morgan fingerprint density at radius 1 is 1.10 bits per heavy atom. The van der Waals surface area contributed by atoms with E-state index in [0.29, 0.717) is 11.4 Å². The van der Waals surface area contributed by atoms with Gasteiger partial charge in [0.15, 0.2) is 0 Å². The maximum absolute atomic E-state index is 13.0. The molecule has 0 radical (unpaired) electrons. The maximum Gasteiger partial charge on any atom is 0.407 e. The third-order valence-corrected chi connectivity index (χ3v) is 5.88. The zero-order chi connectivity index (χ0) is 21.0. The van der Waals surface area contributed by atoms with Crippen LogP contribution in [0.3, 0.4) is 0 Å². The summed E-state index contributed by atoms with van der Waals surface area (Å²) in [4.78, 5) is 18.3. The van der Waals surface area contributed by atoms with E-state index in [4.69, 9.17) is 4.74 Å². The van der Waals surface area contributed by atoms with Crippen molar-refractivity contribution in [2.75, 3.05) is 10.8 Å². The van der Waals surface area contributed by atoms with E-state index in [2.05, 4.69) is 9.97 Å². The number of hydrogen-bond donors (Lipinski definition) is 0. The number of rotatable bonds is 7. The van der Waals surface area contributed by atoms with Gasteiger partial charge in [-0.15, -0.1) is 0 Å². The number of benzene rings is 1. The highest BCUT2D eigenvalue weighted by atomic mass is 32.2. The van der Waals surface area contributed by atoms with Gasteiger partial charge in [0.05, 0.1) is 11.9 Å². The zero-order valence-electron chi connectivity index (χ0n) is 15.7. The Balaban J connectivity index is 1.88. The standard InChI is InChI=1S/C19H18N4O5S/c1-3-22(15-7-5-4-6-8-15)29(26,27)16-10-12-18(20-13-16)28-17-11-9-14(2)21-19(17)23(24)25/h4-13H,3H2,1-2H3.